The summed E-state index contributed by atoms with van der Waals surface area (Å²) in [5.41, 5.74) is 1.40. The molecule has 2 rings (SSSR count). The molecule has 1 aromatic carbocycles. The first-order valence-corrected chi connectivity index (χ1v) is 8.69. The molecule has 0 saturated carbocycles. The highest BCUT2D eigenvalue weighted by molar-refractivity contribution is 6.37. The van der Waals surface area contributed by atoms with Crippen LogP contribution in [-0.4, -0.2) is 35.9 Å². The van der Waals surface area contributed by atoms with Gasteiger partial charge in [-0.2, -0.15) is 0 Å². The summed E-state index contributed by atoms with van der Waals surface area (Å²) in [5, 5.41) is 5.43. The molecule has 9 heteroatoms. The third kappa shape index (κ3) is 6.54. The molecule has 27 heavy (non-hydrogen) atoms. The molecule has 0 bridgehead atoms. The van der Waals surface area contributed by atoms with Crippen molar-refractivity contribution in [3.05, 3.63) is 57.7 Å². The van der Waals surface area contributed by atoms with Crippen LogP contribution in [0, 0.1) is 6.92 Å². The Labute approximate surface area is 166 Å². The predicted octanol–water partition coefficient (Wildman–Crippen LogP) is 2.54. The second-order valence-corrected chi connectivity index (χ2v) is 6.33. The van der Waals surface area contributed by atoms with Crippen molar-refractivity contribution >= 4 is 46.8 Å². The van der Waals surface area contributed by atoms with E-state index in [4.69, 9.17) is 27.9 Å². The fraction of sp³-hybridized carbons (Fsp3) is 0.222. The Hall–Kier alpha value is -2.64. The number of pyridine rings is 1. The number of benzene rings is 1. The van der Waals surface area contributed by atoms with Gasteiger partial charge in [-0.1, -0.05) is 53.5 Å². The number of amides is 2. The number of nitrogens with zero attached hydrogens (tertiary/aromatic N) is 1. The first kappa shape index (κ1) is 20.7. The number of rotatable bonds is 7. The lowest BCUT2D eigenvalue weighted by Crippen LogP contribution is -2.33. The van der Waals surface area contributed by atoms with Crippen LogP contribution in [0.25, 0.3) is 0 Å². The van der Waals surface area contributed by atoms with E-state index in [0.29, 0.717) is 10.6 Å². The lowest BCUT2D eigenvalue weighted by atomic mass is 10.1. The molecule has 0 radical (unpaired) electrons. The summed E-state index contributed by atoms with van der Waals surface area (Å²) in [5.74, 6) is -1.56. The molecule has 7 nitrogen and oxygen atoms in total. The van der Waals surface area contributed by atoms with E-state index in [-0.39, 0.29) is 29.7 Å². The molecule has 2 amide bonds. The summed E-state index contributed by atoms with van der Waals surface area (Å²) in [4.78, 5) is 39.2. The number of ether oxygens (including phenoxy) is 1. The third-order valence-electron chi connectivity index (χ3n) is 3.46. The van der Waals surface area contributed by atoms with Crippen molar-refractivity contribution < 1.29 is 19.1 Å². The number of aromatic nitrogens is 1. The molecule has 0 spiro atoms. The first-order valence-electron chi connectivity index (χ1n) is 7.93. The molecule has 2 aromatic rings. The zero-order valence-corrected chi connectivity index (χ0v) is 15.9. The summed E-state index contributed by atoms with van der Waals surface area (Å²) >= 11 is 11.9. The number of carbonyl (C=O) groups is 3. The van der Waals surface area contributed by atoms with E-state index < -0.39 is 18.5 Å². The van der Waals surface area contributed by atoms with Gasteiger partial charge in [0, 0.05) is 6.20 Å². The fourth-order valence-electron chi connectivity index (χ4n) is 2.02. The summed E-state index contributed by atoms with van der Waals surface area (Å²) in [6.07, 6.45) is 1.50. The zero-order chi connectivity index (χ0) is 19.8. The summed E-state index contributed by atoms with van der Waals surface area (Å²) < 4.78 is 4.81. The van der Waals surface area contributed by atoms with Gasteiger partial charge in [0.15, 0.2) is 12.4 Å². The quantitative estimate of drug-likeness (QED) is 0.684. The topological polar surface area (TPSA) is 97.4 Å². The second-order valence-electron chi connectivity index (χ2n) is 5.54. The molecule has 142 valence electrons. The van der Waals surface area contributed by atoms with Gasteiger partial charge in [0.25, 0.3) is 5.91 Å². The van der Waals surface area contributed by atoms with E-state index in [1.807, 2.05) is 18.2 Å². The highest BCUT2D eigenvalue weighted by Crippen LogP contribution is 2.28. The van der Waals surface area contributed by atoms with E-state index in [1.165, 1.54) is 6.20 Å². The van der Waals surface area contributed by atoms with Crippen molar-refractivity contribution in [3.8, 4) is 0 Å². The third-order valence-corrected chi connectivity index (χ3v) is 4.31. The van der Waals surface area contributed by atoms with Gasteiger partial charge in [0.05, 0.1) is 16.5 Å². The van der Waals surface area contributed by atoms with E-state index in [2.05, 4.69) is 15.6 Å². The smallest absolute Gasteiger partial charge is 0.325 e. The first-order chi connectivity index (χ1) is 12.9. The average molecular weight is 410 g/mol. The standard InChI is InChI=1S/C18H17Cl2N3O4/c1-11-13(19)8-22-18(17(11)20)23-15(25)10-27-16(26)9-21-14(24)7-12-5-3-2-4-6-12/h2-6,8H,7,9-10H2,1H3,(H,21,24)(H,22,23,25). The van der Waals surface area contributed by atoms with Crippen LogP contribution in [0.2, 0.25) is 10.0 Å². The monoisotopic (exact) mass is 409 g/mol. The van der Waals surface area contributed by atoms with Crippen molar-refractivity contribution in [2.75, 3.05) is 18.5 Å². The van der Waals surface area contributed by atoms with E-state index in [0.717, 1.165) is 5.56 Å². The normalized spacial score (nSPS) is 10.2. The van der Waals surface area contributed by atoms with Gasteiger partial charge in [-0.25, -0.2) is 4.98 Å². The minimum absolute atomic E-state index is 0.121. The SMILES string of the molecule is Cc1c(Cl)cnc(NC(=O)COC(=O)CNC(=O)Cc2ccccc2)c1Cl. The maximum atomic E-state index is 11.8. The van der Waals surface area contributed by atoms with Crippen molar-refractivity contribution in [1.29, 1.82) is 0 Å². The summed E-state index contributed by atoms with van der Waals surface area (Å²) in [6, 6.07) is 9.09. The van der Waals surface area contributed by atoms with Crippen LogP contribution in [0.15, 0.2) is 36.5 Å². The lowest BCUT2D eigenvalue weighted by Gasteiger charge is -2.10. The number of hydrogen-bond acceptors (Lipinski definition) is 5. The molecule has 0 aliphatic heterocycles. The lowest BCUT2D eigenvalue weighted by molar-refractivity contribution is -0.147. The maximum absolute atomic E-state index is 11.8. The number of esters is 1. The number of halogens is 2. The fourth-order valence-corrected chi connectivity index (χ4v) is 2.41. The molecule has 0 aliphatic carbocycles. The van der Waals surface area contributed by atoms with E-state index in [1.54, 1.807) is 19.1 Å². The van der Waals surface area contributed by atoms with Gasteiger partial charge in [0.2, 0.25) is 5.91 Å². The Morgan fingerprint density at radius 3 is 2.52 bits per heavy atom. The van der Waals surface area contributed by atoms with Crippen LogP contribution in [0.5, 0.6) is 0 Å². The Balaban J connectivity index is 1.73. The minimum atomic E-state index is -0.738. The number of carbonyl (C=O) groups excluding carboxylic acids is 3. The Kier molecular flexibility index (Phi) is 7.57. The van der Waals surface area contributed by atoms with E-state index >= 15 is 0 Å². The Morgan fingerprint density at radius 2 is 1.81 bits per heavy atom. The molecule has 2 N–H and O–H groups in total. The molecular weight excluding hydrogens is 393 g/mol. The van der Waals surface area contributed by atoms with Crippen LogP contribution in [0.3, 0.4) is 0 Å². The van der Waals surface area contributed by atoms with Crippen LogP contribution >= 0.6 is 23.2 Å². The largest absolute Gasteiger partial charge is 0.454 e. The molecule has 0 saturated heterocycles. The second kappa shape index (κ2) is 9.89. The Morgan fingerprint density at radius 1 is 1.11 bits per heavy atom. The minimum Gasteiger partial charge on any atom is -0.454 e. The molecule has 1 heterocycles. The van der Waals surface area contributed by atoms with Crippen LogP contribution < -0.4 is 10.6 Å². The molecule has 0 aliphatic rings. The molecule has 1 aromatic heterocycles. The van der Waals surface area contributed by atoms with Gasteiger partial charge in [0.1, 0.15) is 6.54 Å². The zero-order valence-electron chi connectivity index (χ0n) is 14.4. The Bertz CT molecular complexity index is 844. The van der Waals surface area contributed by atoms with Gasteiger partial charge >= 0.3 is 5.97 Å². The highest BCUT2D eigenvalue weighted by Gasteiger charge is 2.14. The predicted molar refractivity (Wildman–Crippen MR) is 102 cm³/mol. The number of nitrogens with one attached hydrogen (secondary N) is 2. The molecular formula is C18H17Cl2N3O4. The van der Waals surface area contributed by atoms with Crippen molar-refractivity contribution in [3.63, 3.8) is 0 Å². The van der Waals surface area contributed by atoms with Gasteiger partial charge in [-0.15, -0.1) is 0 Å². The molecule has 0 unspecified atom stereocenters. The van der Waals surface area contributed by atoms with Crippen molar-refractivity contribution in [2.45, 2.75) is 13.3 Å². The molecule has 0 fully saturated rings. The van der Waals surface area contributed by atoms with Gasteiger partial charge in [-0.3, -0.25) is 14.4 Å². The van der Waals surface area contributed by atoms with Gasteiger partial charge < -0.3 is 15.4 Å². The van der Waals surface area contributed by atoms with Crippen molar-refractivity contribution in [1.82, 2.24) is 10.3 Å². The number of hydrogen-bond donors (Lipinski definition) is 2. The number of anilines is 1. The maximum Gasteiger partial charge on any atom is 0.325 e. The molecule has 0 atom stereocenters. The van der Waals surface area contributed by atoms with Crippen LogP contribution in [0.1, 0.15) is 11.1 Å². The van der Waals surface area contributed by atoms with Crippen LogP contribution in [0.4, 0.5) is 5.82 Å². The average Bonchev–Trinajstić information content (AvgIpc) is 2.66. The van der Waals surface area contributed by atoms with Gasteiger partial charge in [-0.05, 0) is 18.1 Å². The summed E-state index contributed by atoms with van der Waals surface area (Å²) in [6.45, 7) is 0.811. The van der Waals surface area contributed by atoms with Crippen LogP contribution in [-0.2, 0) is 25.5 Å². The summed E-state index contributed by atoms with van der Waals surface area (Å²) in [7, 11) is 0. The van der Waals surface area contributed by atoms with E-state index in [9.17, 15) is 14.4 Å². The highest BCUT2D eigenvalue weighted by atomic mass is 35.5. The van der Waals surface area contributed by atoms with Crippen molar-refractivity contribution in [2.24, 2.45) is 0 Å².